The molecule has 0 saturated carbocycles. The lowest BCUT2D eigenvalue weighted by molar-refractivity contribution is -0.128. The first-order chi connectivity index (χ1) is 15.0. The Labute approximate surface area is 193 Å². The maximum atomic E-state index is 12.1. The fourth-order valence-corrected chi connectivity index (χ4v) is 5.15. The number of rotatable bonds is 5. The average molecular weight is 458 g/mol. The molecule has 5 rings (SSSR count). The first kappa shape index (κ1) is 22.3. The molecule has 0 radical (unpaired) electrons. The van der Waals surface area contributed by atoms with Crippen LogP contribution in [0.1, 0.15) is 24.2 Å². The summed E-state index contributed by atoms with van der Waals surface area (Å²) in [4.78, 5) is 16.5. The van der Waals surface area contributed by atoms with Gasteiger partial charge in [0, 0.05) is 69.2 Å². The summed E-state index contributed by atoms with van der Waals surface area (Å²) >= 11 is 0. The molecule has 1 spiro atoms. The number of H-pyrrole nitrogens is 1. The van der Waals surface area contributed by atoms with E-state index < -0.39 is 0 Å². The molecule has 1 N–H and O–H groups in total. The molecule has 0 aliphatic carbocycles. The largest absolute Gasteiger partial charge is 0.497 e. The third kappa shape index (κ3) is 3.75. The number of halogens is 1. The lowest BCUT2D eigenvalue weighted by Gasteiger charge is -2.50. The van der Waals surface area contributed by atoms with E-state index in [0.717, 1.165) is 54.6 Å². The van der Waals surface area contributed by atoms with Crippen molar-refractivity contribution in [3.8, 4) is 17.0 Å². The number of aromatic nitrogens is 5. The van der Waals surface area contributed by atoms with Gasteiger partial charge in [-0.15, -0.1) is 22.6 Å². The van der Waals surface area contributed by atoms with Crippen molar-refractivity contribution in [1.82, 2.24) is 34.8 Å². The van der Waals surface area contributed by atoms with E-state index in [2.05, 4.69) is 31.4 Å². The molecule has 4 heterocycles. The first-order valence-corrected chi connectivity index (χ1v) is 10.5. The van der Waals surface area contributed by atoms with E-state index in [1.807, 2.05) is 40.9 Å². The molecule has 9 nitrogen and oxygen atoms in total. The number of hydrogen-bond acceptors (Lipinski definition) is 6. The van der Waals surface area contributed by atoms with Gasteiger partial charge in [0.05, 0.1) is 19.0 Å². The summed E-state index contributed by atoms with van der Waals surface area (Å²) in [6.45, 7) is 5.75. The van der Waals surface area contributed by atoms with Crippen molar-refractivity contribution in [2.45, 2.75) is 19.4 Å². The molecule has 2 aliphatic rings. The van der Waals surface area contributed by atoms with Gasteiger partial charge in [-0.1, -0.05) is 12.1 Å². The van der Waals surface area contributed by atoms with Gasteiger partial charge >= 0.3 is 0 Å². The maximum absolute atomic E-state index is 12.1. The second-order valence-corrected chi connectivity index (χ2v) is 8.76. The number of carbonyl (C=O) groups excluding carboxylic acids is 1. The number of aryl methyl sites for hydroxylation is 1. The van der Waals surface area contributed by atoms with E-state index in [-0.39, 0.29) is 29.6 Å². The number of methoxy groups -OCH3 is 1. The molecule has 1 unspecified atom stereocenters. The van der Waals surface area contributed by atoms with Crippen LogP contribution in [0.25, 0.3) is 11.3 Å². The van der Waals surface area contributed by atoms with Crippen LogP contribution in [0, 0.1) is 5.41 Å². The third-order valence-corrected chi connectivity index (χ3v) is 6.70. The fourth-order valence-electron chi connectivity index (χ4n) is 5.15. The smallest absolute Gasteiger partial charge is 0.219 e. The normalized spacial score (nSPS) is 19.6. The van der Waals surface area contributed by atoms with Crippen LogP contribution in [0.5, 0.6) is 5.75 Å². The van der Waals surface area contributed by atoms with Crippen molar-refractivity contribution >= 4 is 18.3 Å². The minimum Gasteiger partial charge on any atom is -0.497 e. The molecule has 1 aromatic carbocycles. The Balaban J connectivity index is 0.00000245. The van der Waals surface area contributed by atoms with Crippen LogP contribution in [0.4, 0.5) is 0 Å². The first-order valence-electron chi connectivity index (χ1n) is 10.5. The minimum absolute atomic E-state index is 0. The zero-order valence-electron chi connectivity index (χ0n) is 18.5. The van der Waals surface area contributed by atoms with Crippen molar-refractivity contribution in [2.75, 3.05) is 33.3 Å². The molecule has 32 heavy (non-hydrogen) atoms. The number of carbonyl (C=O) groups is 1. The van der Waals surface area contributed by atoms with E-state index >= 15 is 0 Å². The van der Waals surface area contributed by atoms with Gasteiger partial charge in [0.25, 0.3) is 0 Å². The monoisotopic (exact) mass is 457 g/mol. The Morgan fingerprint density at radius 1 is 1.31 bits per heavy atom. The van der Waals surface area contributed by atoms with Gasteiger partial charge in [-0.25, -0.2) is 0 Å². The SMILES string of the molecule is COc1cccc(-c2[nH]ncc2CN2CC3(C2)CN(C(C)=O)CC3c2nncn2C)c1.Cl. The second-order valence-electron chi connectivity index (χ2n) is 8.76. The summed E-state index contributed by atoms with van der Waals surface area (Å²) in [5.41, 5.74) is 3.25. The summed E-state index contributed by atoms with van der Waals surface area (Å²) < 4.78 is 7.35. The van der Waals surface area contributed by atoms with Crippen LogP contribution >= 0.6 is 12.4 Å². The van der Waals surface area contributed by atoms with Crippen LogP contribution < -0.4 is 4.74 Å². The molecule has 2 fully saturated rings. The summed E-state index contributed by atoms with van der Waals surface area (Å²) in [5.74, 6) is 2.10. The molecule has 2 saturated heterocycles. The van der Waals surface area contributed by atoms with E-state index in [9.17, 15) is 4.79 Å². The van der Waals surface area contributed by atoms with Crippen LogP contribution in [-0.4, -0.2) is 74.0 Å². The Bertz CT molecular complexity index is 1110. The van der Waals surface area contributed by atoms with Gasteiger partial charge in [0.2, 0.25) is 5.91 Å². The van der Waals surface area contributed by atoms with E-state index in [1.165, 1.54) is 0 Å². The zero-order valence-corrected chi connectivity index (χ0v) is 19.3. The highest BCUT2D eigenvalue weighted by Gasteiger charge is 2.56. The lowest BCUT2D eigenvalue weighted by Crippen LogP contribution is -2.59. The van der Waals surface area contributed by atoms with E-state index in [0.29, 0.717) is 6.54 Å². The Morgan fingerprint density at radius 3 is 2.81 bits per heavy atom. The predicted octanol–water partition coefficient (Wildman–Crippen LogP) is 2.08. The van der Waals surface area contributed by atoms with E-state index in [4.69, 9.17) is 4.74 Å². The molecule has 1 atom stereocenters. The Kier molecular flexibility index (Phi) is 5.96. The molecule has 1 amide bonds. The summed E-state index contributed by atoms with van der Waals surface area (Å²) in [6, 6.07) is 7.99. The fraction of sp³-hybridized carbons (Fsp3) is 0.455. The van der Waals surface area contributed by atoms with Gasteiger partial charge in [0.1, 0.15) is 17.9 Å². The highest BCUT2D eigenvalue weighted by Crippen LogP contribution is 2.49. The molecule has 0 bridgehead atoms. The van der Waals surface area contributed by atoms with Gasteiger partial charge < -0.3 is 14.2 Å². The highest BCUT2D eigenvalue weighted by molar-refractivity contribution is 5.85. The lowest BCUT2D eigenvalue weighted by atomic mass is 9.71. The molecule has 170 valence electrons. The Hall–Kier alpha value is -2.91. The Morgan fingerprint density at radius 2 is 2.12 bits per heavy atom. The van der Waals surface area contributed by atoms with Gasteiger partial charge in [-0.05, 0) is 12.1 Å². The molecular formula is C22H28ClN7O2. The van der Waals surface area contributed by atoms with Crippen molar-refractivity contribution in [2.24, 2.45) is 12.5 Å². The molecule has 10 heteroatoms. The van der Waals surface area contributed by atoms with Gasteiger partial charge in [-0.3, -0.25) is 14.8 Å². The van der Waals surface area contributed by atoms with Crippen LogP contribution in [0.2, 0.25) is 0 Å². The van der Waals surface area contributed by atoms with Gasteiger partial charge in [-0.2, -0.15) is 5.10 Å². The topological polar surface area (TPSA) is 92.2 Å². The highest BCUT2D eigenvalue weighted by atomic mass is 35.5. The number of aromatic amines is 1. The standard InChI is InChI=1S/C22H27N7O2.ClH/c1-15(30)29-10-19(21-26-24-14-27(21)2)22(13-29)11-28(12-22)9-17-8-23-25-20(17)16-5-4-6-18(7-16)31-3;/h4-8,14,19H,9-13H2,1-3H3,(H,23,25);1H. The number of likely N-dealkylation sites (tertiary alicyclic amines) is 2. The van der Waals surface area contributed by atoms with Crippen molar-refractivity contribution in [3.63, 3.8) is 0 Å². The number of nitrogens with one attached hydrogen (secondary N) is 1. The second kappa shape index (κ2) is 8.55. The van der Waals surface area contributed by atoms with Crippen LogP contribution in [-0.2, 0) is 18.4 Å². The molecule has 2 aromatic heterocycles. The number of hydrogen-bond donors (Lipinski definition) is 1. The van der Waals surface area contributed by atoms with Crippen LogP contribution in [0.3, 0.4) is 0 Å². The number of nitrogens with zero attached hydrogens (tertiary/aromatic N) is 6. The summed E-state index contributed by atoms with van der Waals surface area (Å²) in [6.07, 6.45) is 3.64. The zero-order chi connectivity index (χ0) is 21.6. The molecule has 3 aromatic rings. The predicted molar refractivity (Wildman–Crippen MR) is 122 cm³/mol. The van der Waals surface area contributed by atoms with E-state index in [1.54, 1.807) is 20.4 Å². The quantitative estimate of drug-likeness (QED) is 0.630. The number of amides is 1. The number of benzene rings is 1. The maximum Gasteiger partial charge on any atom is 0.219 e. The van der Waals surface area contributed by atoms with Crippen molar-refractivity contribution in [3.05, 3.63) is 48.2 Å². The van der Waals surface area contributed by atoms with Crippen LogP contribution in [0.15, 0.2) is 36.8 Å². The van der Waals surface area contributed by atoms with Crippen molar-refractivity contribution < 1.29 is 9.53 Å². The molecule has 2 aliphatic heterocycles. The number of ether oxygens (including phenoxy) is 1. The summed E-state index contributed by atoms with van der Waals surface area (Å²) in [5, 5.41) is 15.9. The minimum atomic E-state index is 0. The van der Waals surface area contributed by atoms with Crippen molar-refractivity contribution in [1.29, 1.82) is 0 Å². The average Bonchev–Trinajstić information content (AvgIpc) is 3.46. The third-order valence-electron chi connectivity index (χ3n) is 6.70. The van der Waals surface area contributed by atoms with Gasteiger partial charge in [0.15, 0.2) is 0 Å². The molecular weight excluding hydrogens is 430 g/mol. The summed E-state index contributed by atoms with van der Waals surface area (Å²) in [7, 11) is 3.65.